The molecular weight excluding hydrogens is 442 g/mol. The number of H-pyrrole nitrogens is 1. The molecule has 2 aromatic carbocycles. The SMILES string of the molecule is COCCNc1cccc(Oc2ccc(S(C)(=O)=O)cc2-c2cn(C)c(=O)c3[nH]ccc23)c1. The van der Waals surface area contributed by atoms with Crippen molar-refractivity contribution in [2.24, 2.45) is 7.05 Å². The van der Waals surface area contributed by atoms with Crippen LogP contribution in [0.4, 0.5) is 5.69 Å². The summed E-state index contributed by atoms with van der Waals surface area (Å²) >= 11 is 0. The van der Waals surface area contributed by atoms with Crippen molar-refractivity contribution >= 4 is 26.4 Å². The van der Waals surface area contributed by atoms with E-state index in [0.717, 1.165) is 11.9 Å². The molecule has 33 heavy (non-hydrogen) atoms. The summed E-state index contributed by atoms with van der Waals surface area (Å²) in [4.78, 5) is 15.6. The molecule has 8 nitrogen and oxygen atoms in total. The van der Waals surface area contributed by atoms with Crippen LogP contribution in [0.3, 0.4) is 0 Å². The molecule has 0 saturated heterocycles. The average molecular weight is 468 g/mol. The molecule has 4 aromatic rings. The molecule has 0 aliphatic rings. The van der Waals surface area contributed by atoms with Crippen LogP contribution in [0.25, 0.3) is 22.0 Å². The van der Waals surface area contributed by atoms with Gasteiger partial charge >= 0.3 is 0 Å². The molecule has 0 saturated carbocycles. The van der Waals surface area contributed by atoms with E-state index in [9.17, 15) is 13.2 Å². The number of pyridine rings is 1. The lowest BCUT2D eigenvalue weighted by Crippen LogP contribution is -2.16. The molecule has 0 bridgehead atoms. The summed E-state index contributed by atoms with van der Waals surface area (Å²) in [6, 6.07) is 14.0. The third-order valence-corrected chi connectivity index (χ3v) is 6.37. The van der Waals surface area contributed by atoms with Gasteiger partial charge in [-0.2, -0.15) is 0 Å². The predicted molar refractivity (Wildman–Crippen MR) is 129 cm³/mol. The maximum Gasteiger partial charge on any atom is 0.274 e. The van der Waals surface area contributed by atoms with E-state index in [2.05, 4.69) is 10.3 Å². The Kier molecular flexibility index (Phi) is 6.26. The van der Waals surface area contributed by atoms with Gasteiger partial charge in [0.25, 0.3) is 5.56 Å². The number of hydrogen-bond acceptors (Lipinski definition) is 6. The minimum Gasteiger partial charge on any atom is -0.457 e. The van der Waals surface area contributed by atoms with E-state index in [1.807, 2.05) is 24.3 Å². The maximum atomic E-state index is 12.5. The molecule has 0 fully saturated rings. The van der Waals surface area contributed by atoms with Crippen molar-refractivity contribution in [3.05, 3.63) is 71.3 Å². The van der Waals surface area contributed by atoms with Gasteiger partial charge in [-0.05, 0) is 36.4 Å². The number of rotatable bonds is 8. The Hall–Kier alpha value is -3.56. The van der Waals surface area contributed by atoms with E-state index in [-0.39, 0.29) is 10.5 Å². The van der Waals surface area contributed by atoms with Gasteiger partial charge in [-0.15, -0.1) is 0 Å². The summed E-state index contributed by atoms with van der Waals surface area (Å²) in [7, 11) is -0.157. The van der Waals surface area contributed by atoms with Gasteiger partial charge in [0, 0.05) is 67.6 Å². The fourth-order valence-electron chi connectivity index (χ4n) is 3.62. The van der Waals surface area contributed by atoms with Crippen LogP contribution >= 0.6 is 0 Å². The Morgan fingerprint density at radius 3 is 2.67 bits per heavy atom. The minimum absolute atomic E-state index is 0.164. The smallest absolute Gasteiger partial charge is 0.274 e. The van der Waals surface area contributed by atoms with Gasteiger partial charge in [0.05, 0.1) is 11.5 Å². The van der Waals surface area contributed by atoms with Crippen LogP contribution in [0.2, 0.25) is 0 Å². The molecule has 4 rings (SSSR count). The van der Waals surface area contributed by atoms with Gasteiger partial charge in [0.15, 0.2) is 9.84 Å². The molecular formula is C24H25N3O5S. The fourth-order valence-corrected chi connectivity index (χ4v) is 4.26. The summed E-state index contributed by atoms with van der Waals surface area (Å²) in [6.45, 7) is 1.22. The van der Waals surface area contributed by atoms with E-state index in [0.29, 0.717) is 46.7 Å². The second-order valence-electron chi connectivity index (χ2n) is 7.70. The van der Waals surface area contributed by atoms with Gasteiger partial charge in [-0.25, -0.2) is 8.42 Å². The first-order valence-corrected chi connectivity index (χ1v) is 12.2. The Labute approximate surface area is 191 Å². The highest BCUT2D eigenvalue weighted by molar-refractivity contribution is 7.90. The van der Waals surface area contributed by atoms with Crippen LogP contribution in [0.15, 0.2) is 70.6 Å². The van der Waals surface area contributed by atoms with Crippen molar-refractivity contribution in [1.29, 1.82) is 0 Å². The van der Waals surface area contributed by atoms with E-state index >= 15 is 0 Å². The largest absolute Gasteiger partial charge is 0.457 e. The van der Waals surface area contributed by atoms with E-state index in [1.165, 1.54) is 10.6 Å². The molecule has 2 N–H and O–H groups in total. The number of nitrogens with zero attached hydrogens (tertiary/aromatic N) is 1. The number of aromatic amines is 1. The number of benzene rings is 2. The first-order chi connectivity index (χ1) is 15.8. The lowest BCUT2D eigenvalue weighted by atomic mass is 10.0. The quantitative estimate of drug-likeness (QED) is 0.382. The minimum atomic E-state index is -3.45. The second-order valence-corrected chi connectivity index (χ2v) is 9.72. The van der Waals surface area contributed by atoms with Crippen LogP contribution in [-0.2, 0) is 21.6 Å². The standard InChI is InChI=1S/C24H25N3O5S/c1-27-15-21(19-9-10-26-23(19)24(27)28)20-14-18(33(3,29)30)7-8-22(20)32-17-6-4-5-16(13-17)25-11-12-31-2/h4-10,13-15,25-26H,11-12H2,1-3H3. The zero-order chi connectivity index (χ0) is 23.6. The molecule has 0 aliphatic carbocycles. The number of nitrogens with one attached hydrogen (secondary N) is 2. The molecule has 0 aliphatic heterocycles. The molecule has 2 heterocycles. The van der Waals surface area contributed by atoms with Crippen LogP contribution < -0.4 is 15.6 Å². The van der Waals surface area contributed by atoms with Crippen molar-refractivity contribution in [1.82, 2.24) is 9.55 Å². The summed E-state index contributed by atoms with van der Waals surface area (Å²) in [5.74, 6) is 1.05. The molecule has 172 valence electrons. The molecule has 0 radical (unpaired) electrons. The van der Waals surface area contributed by atoms with Crippen molar-refractivity contribution < 1.29 is 17.9 Å². The molecule has 0 unspecified atom stereocenters. The van der Waals surface area contributed by atoms with Gasteiger partial charge < -0.3 is 24.3 Å². The van der Waals surface area contributed by atoms with E-state index in [1.54, 1.807) is 44.8 Å². The number of hydrogen-bond donors (Lipinski definition) is 2. The monoisotopic (exact) mass is 467 g/mol. The van der Waals surface area contributed by atoms with Crippen LogP contribution in [0.5, 0.6) is 11.5 Å². The zero-order valence-corrected chi connectivity index (χ0v) is 19.4. The molecule has 9 heteroatoms. The number of methoxy groups -OCH3 is 1. The van der Waals surface area contributed by atoms with E-state index in [4.69, 9.17) is 9.47 Å². The summed E-state index contributed by atoms with van der Waals surface area (Å²) in [5, 5.41) is 3.94. The maximum absolute atomic E-state index is 12.5. The number of fused-ring (bicyclic) bond motifs is 1. The highest BCUT2D eigenvalue weighted by Gasteiger charge is 2.18. The Morgan fingerprint density at radius 2 is 1.91 bits per heavy atom. The second kappa shape index (κ2) is 9.13. The highest BCUT2D eigenvalue weighted by Crippen LogP contribution is 2.38. The van der Waals surface area contributed by atoms with Crippen molar-refractivity contribution in [3.63, 3.8) is 0 Å². The summed E-state index contributed by atoms with van der Waals surface area (Å²) < 4.78 is 37.3. The molecule has 0 amide bonds. The van der Waals surface area contributed by atoms with Crippen LogP contribution in [-0.4, -0.2) is 44.5 Å². The number of aryl methyl sites for hydroxylation is 1. The Balaban J connectivity index is 1.83. The third kappa shape index (κ3) is 4.79. The van der Waals surface area contributed by atoms with Crippen molar-refractivity contribution in [2.45, 2.75) is 4.90 Å². The highest BCUT2D eigenvalue weighted by atomic mass is 32.2. The third-order valence-electron chi connectivity index (χ3n) is 5.26. The van der Waals surface area contributed by atoms with Crippen LogP contribution in [0, 0.1) is 0 Å². The average Bonchev–Trinajstić information content (AvgIpc) is 3.27. The number of aromatic nitrogens is 2. The summed E-state index contributed by atoms with van der Waals surface area (Å²) in [5.41, 5.74) is 2.39. The number of anilines is 1. The molecule has 0 atom stereocenters. The number of sulfone groups is 1. The van der Waals surface area contributed by atoms with Gasteiger partial charge in [0.1, 0.15) is 17.0 Å². The molecule has 2 aromatic heterocycles. The predicted octanol–water partition coefficient (Wildman–Crippen LogP) is 3.79. The van der Waals surface area contributed by atoms with Gasteiger partial charge in [0.2, 0.25) is 0 Å². The van der Waals surface area contributed by atoms with Gasteiger partial charge in [-0.3, -0.25) is 4.79 Å². The normalized spacial score (nSPS) is 11.6. The zero-order valence-electron chi connectivity index (χ0n) is 18.6. The number of ether oxygens (including phenoxy) is 2. The topological polar surface area (TPSA) is 102 Å². The first-order valence-electron chi connectivity index (χ1n) is 10.3. The lowest BCUT2D eigenvalue weighted by molar-refractivity contribution is 0.211. The van der Waals surface area contributed by atoms with E-state index < -0.39 is 9.84 Å². The lowest BCUT2D eigenvalue weighted by Gasteiger charge is -2.15. The molecule has 0 spiro atoms. The Morgan fingerprint density at radius 1 is 1.09 bits per heavy atom. The summed E-state index contributed by atoms with van der Waals surface area (Å²) in [6.07, 6.45) is 4.54. The fraction of sp³-hybridized carbons (Fsp3) is 0.208. The first kappa shape index (κ1) is 22.6. The van der Waals surface area contributed by atoms with Crippen LogP contribution in [0.1, 0.15) is 0 Å². The Bertz CT molecular complexity index is 1470. The van der Waals surface area contributed by atoms with Gasteiger partial charge in [-0.1, -0.05) is 6.07 Å². The van der Waals surface area contributed by atoms with Crippen molar-refractivity contribution in [3.8, 4) is 22.6 Å². The van der Waals surface area contributed by atoms with Crippen molar-refractivity contribution in [2.75, 3.05) is 31.8 Å².